The molecule has 0 aliphatic heterocycles. The maximum atomic E-state index is 12.6. The van der Waals surface area contributed by atoms with E-state index in [1.54, 1.807) is 12.1 Å². The standard InChI is InChI=1S/C19H22ClNO4/c1-5-16(25-13-8-6-7-12(2)9-13)19(22)21-15-11-17(23-3)14(20)10-18(15)24-4/h6-11,16H,5H2,1-4H3,(H,21,22)/t16-/m1/s1. The number of methoxy groups -OCH3 is 2. The third-order valence-electron chi connectivity index (χ3n) is 3.66. The van der Waals surface area contributed by atoms with Crippen molar-refractivity contribution >= 4 is 23.2 Å². The lowest BCUT2D eigenvalue weighted by Crippen LogP contribution is -2.32. The molecule has 5 nitrogen and oxygen atoms in total. The number of carbonyl (C=O) groups excluding carboxylic acids is 1. The van der Waals surface area contributed by atoms with E-state index in [1.807, 2.05) is 38.1 Å². The summed E-state index contributed by atoms with van der Waals surface area (Å²) in [6.45, 7) is 3.86. The van der Waals surface area contributed by atoms with E-state index >= 15 is 0 Å². The molecule has 0 heterocycles. The van der Waals surface area contributed by atoms with Gasteiger partial charge in [-0.15, -0.1) is 0 Å². The minimum absolute atomic E-state index is 0.272. The molecule has 0 aliphatic carbocycles. The van der Waals surface area contributed by atoms with Crippen LogP contribution in [-0.2, 0) is 4.79 Å². The molecule has 25 heavy (non-hydrogen) atoms. The monoisotopic (exact) mass is 363 g/mol. The van der Waals surface area contributed by atoms with Crippen molar-refractivity contribution in [2.75, 3.05) is 19.5 Å². The summed E-state index contributed by atoms with van der Waals surface area (Å²) in [4.78, 5) is 12.6. The first-order valence-electron chi connectivity index (χ1n) is 7.94. The molecule has 2 rings (SSSR count). The predicted molar refractivity (Wildman–Crippen MR) is 99.1 cm³/mol. The van der Waals surface area contributed by atoms with Crippen LogP contribution in [-0.4, -0.2) is 26.2 Å². The summed E-state index contributed by atoms with van der Waals surface area (Å²) in [5.41, 5.74) is 1.54. The highest BCUT2D eigenvalue weighted by molar-refractivity contribution is 6.32. The lowest BCUT2D eigenvalue weighted by Gasteiger charge is -2.19. The zero-order valence-corrected chi connectivity index (χ0v) is 15.5. The topological polar surface area (TPSA) is 56.8 Å². The molecule has 134 valence electrons. The van der Waals surface area contributed by atoms with Crippen LogP contribution < -0.4 is 19.5 Å². The Morgan fingerprint density at radius 3 is 2.48 bits per heavy atom. The number of hydrogen-bond acceptors (Lipinski definition) is 4. The second-order valence-corrected chi connectivity index (χ2v) is 5.91. The fourth-order valence-electron chi connectivity index (χ4n) is 2.35. The molecule has 0 aromatic heterocycles. The molecule has 0 spiro atoms. The molecular weight excluding hydrogens is 342 g/mol. The predicted octanol–water partition coefficient (Wildman–Crippen LogP) is 4.46. The van der Waals surface area contributed by atoms with Crippen molar-refractivity contribution in [3.8, 4) is 17.2 Å². The van der Waals surface area contributed by atoms with Gasteiger partial charge in [-0.3, -0.25) is 4.79 Å². The maximum absolute atomic E-state index is 12.6. The number of hydrogen-bond donors (Lipinski definition) is 1. The Hall–Kier alpha value is -2.40. The Bertz CT molecular complexity index is 748. The van der Waals surface area contributed by atoms with Crippen molar-refractivity contribution in [1.29, 1.82) is 0 Å². The van der Waals surface area contributed by atoms with Crippen molar-refractivity contribution in [3.05, 3.63) is 47.0 Å². The number of anilines is 1. The fraction of sp³-hybridized carbons (Fsp3) is 0.316. The maximum Gasteiger partial charge on any atom is 0.265 e. The zero-order valence-electron chi connectivity index (χ0n) is 14.8. The van der Waals surface area contributed by atoms with E-state index < -0.39 is 6.10 Å². The van der Waals surface area contributed by atoms with Crippen LogP contribution in [0.15, 0.2) is 36.4 Å². The summed E-state index contributed by atoms with van der Waals surface area (Å²) in [6, 6.07) is 10.8. The van der Waals surface area contributed by atoms with E-state index in [0.717, 1.165) is 5.56 Å². The van der Waals surface area contributed by atoms with Gasteiger partial charge in [-0.2, -0.15) is 0 Å². The molecule has 0 fully saturated rings. The van der Waals surface area contributed by atoms with Crippen LogP contribution in [0.4, 0.5) is 5.69 Å². The number of amides is 1. The Morgan fingerprint density at radius 2 is 1.88 bits per heavy atom. The van der Waals surface area contributed by atoms with E-state index in [4.69, 9.17) is 25.8 Å². The van der Waals surface area contributed by atoms with Crippen LogP contribution in [0.25, 0.3) is 0 Å². The van der Waals surface area contributed by atoms with Crippen LogP contribution in [0.1, 0.15) is 18.9 Å². The second kappa shape index (κ2) is 8.62. The van der Waals surface area contributed by atoms with E-state index in [0.29, 0.717) is 34.4 Å². The molecule has 6 heteroatoms. The zero-order chi connectivity index (χ0) is 18.4. The number of nitrogens with one attached hydrogen (secondary N) is 1. The van der Waals surface area contributed by atoms with Gasteiger partial charge in [0.25, 0.3) is 5.91 Å². The Balaban J connectivity index is 2.19. The van der Waals surface area contributed by atoms with Gasteiger partial charge >= 0.3 is 0 Å². The van der Waals surface area contributed by atoms with Gasteiger partial charge in [0.15, 0.2) is 6.10 Å². The third kappa shape index (κ3) is 4.79. The van der Waals surface area contributed by atoms with Gasteiger partial charge in [-0.05, 0) is 31.0 Å². The van der Waals surface area contributed by atoms with Crippen LogP contribution in [0, 0.1) is 6.92 Å². The quantitative estimate of drug-likeness (QED) is 0.789. The molecule has 2 aromatic rings. The molecule has 0 unspecified atom stereocenters. The fourth-order valence-corrected chi connectivity index (χ4v) is 2.58. The molecule has 1 atom stereocenters. The van der Waals surface area contributed by atoms with E-state index in [2.05, 4.69) is 5.32 Å². The van der Waals surface area contributed by atoms with Crippen molar-refractivity contribution in [2.24, 2.45) is 0 Å². The smallest absolute Gasteiger partial charge is 0.265 e. The molecule has 0 radical (unpaired) electrons. The molecule has 0 saturated heterocycles. The SMILES string of the molecule is CC[C@@H](Oc1cccc(C)c1)C(=O)Nc1cc(OC)c(Cl)cc1OC. The summed E-state index contributed by atoms with van der Waals surface area (Å²) < 4.78 is 16.3. The summed E-state index contributed by atoms with van der Waals surface area (Å²) in [5, 5.41) is 3.22. The highest BCUT2D eigenvalue weighted by Crippen LogP contribution is 2.36. The molecule has 1 N–H and O–H groups in total. The van der Waals surface area contributed by atoms with Crippen molar-refractivity contribution in [2.45, 2.75) is 26.4 Å². The van der Waals surface area contributed by atoms with Gasteiger partial charge < -0.3 is 19.5 Å². The Morgan fingerprint density at radius 1 is 1.16 bits per heavy atom. The van der Waals surface area contributed by atoms with E-state index in [-0.39, 0.29) is 5.91 Å². The average molecular weight is 364 g/mol. The summed E-state index contributed by atoms with van der Waals surface area (Å²) in [5.74, 6) is 1.28. The lowest BCUT2D eigenvalue weighted by molar-refractivity contribution is -0.122. The van der Waals surface area contributed by atoms with Crippen LogP contribution in [0.2, 0.25) is 5.02 Å². The van der Waals surface area contributed by atoms with Crippen LogP contribution >= 0.6 is 11.6 Å². The van der Waals surface area contributed by atoms with Gasteiger partial charge in [0, 0.05) is 12.1 Å². The minimum Gasteiger partial charge on any atom is -0.495 e. The summed E-state index contributed by atoms with van der Waals surface area (Å²) in [6.07, 6.45) is -0.111. The van der Waals surface area contributed by atoms with Gasteiger partial charge in [0.1, 0.15) is 17.2 Å². The number of halogens is 1. The van der Waals surface area contributed by atoms with Crippen LogP contribution in [0.3, 0.4) is 0 Å². The molecule has 1 amide bonds. The van der Waals surface area contributed by atoms with E-state index in [1.165, 1.54) is 14.2 Å². The Kier molecular flexibility index (Phi) is 6.53. The Labute approximate surface area is 152 Å². The van der Waals surface area contributed by atoms with Gasteiger partial charge in [0.2, 0.25) is 0 Å². The highest BCUT2D eigenvalue weighted by Gasteiger charge is 2.21. The van der Waals surface area contributed by atoms with Gasteiger partial charge in [0.05, 0.1) is 24.9 Å². The number of aryl methyl sites for hydroxylation is 1. The third-order valence-corrected chi connectivity index (χ3v) is 3.96. The summed E-state index contributed by atoms with van der Waals surface area (Å²) >= 11 is 6.09. The molecule has 0 bridgehead atoms. The molecular formula is C19H22ClNO4. The highest BCUT2D eigenvalue weighted by atomic mass is 35.5. The normalized spacial score (nSPS) is 11.6. The lowest BCUT2D eigenvalue weighted by atomic mass is 10.2. The first-order chi connectivity index (χ1) is 12.0. The van der Waals surface area contributed by atoms with Crippen molar-refractivity contribution < 1.29 is 19.0 Å². The first kappa shape index (κ1) is 18.9. The average Bonchev–Trinajstić information content (AvgIpc) is 2.60. The van der Waals surface area contributed by atoms with E-state index in [9.17, 15) is 4.79 Å². The number of carbonyl (C=O) groups is 1. The van der Waals surface area contributed by atoms with Gasteiger partial charge in [-0.25, -0.2) is 0 Å². The minimum atomic E-state index is -0.631. The molecule has 0 aliphatic rings. The van der Waals surface area contributed by atoms with Crippen molar-refractivity contribution in [3.63, 3.8) is 0 Å². The van der Waals surface area contributed by atoms with Crippen LogP contribution in [0.5, 0.6) is 17.2 Å². The first-order valence-corrected chi connectivity index (χ1v) is 8.32. The second-order valence-electron chi connectivity index (χ2n) is 5.51. The molecule has 0 saturated carbocycles. The van der Waals surface area contributed by atoms with Crippen molar-refractivity contribution in [1.82, 2.24) is 0 Å². The number of ether oxygens (including phenoxy) is 3. The molecule has 2 aromatic carbocycles. The number of rotatable bonds is 7. The largest absolute Gasteiger partial charge is 0.495 e. The summed E-state index contributed by atoms with van der Waals surface area (Å²) in [7, 11) is 3.02. The van der Waals surface area contributed by atoms with Gasteiger partial charge in [-0.1, -0.05) is 30.7 Å². The number of benzene rings is 2.